The van der Waals surface area contributed by atoms with Crippen molar-refractivity contribution < 1.29 is 4.79 Å². The lowest BCUT2D eigenvalue weighted by atomic mass is 10.3. The van der Waals surface area contributed by atoms with Crippen molar-refractivity contribution in [2.75, 3.05) is 23.7 Å². The molecular formula is C18H20N8O2. The van der Waals surface area contributed by atoms with Crippen LogP contribution in [-0.2, 0) is 11.3 Å². The molecule has 0 aliphatic rings. The van der Waals surface area contributed by atoms with Gasteiger partial charge in [0.1, 0.15) is 18.2 Å². The van der Waals surface area contributed by atoms with Crippen LogP contribution in [0.5, 0.6) is 0 Å². The fraction of sp³-hybridized carbons (Fsp3) is 0.222. The normalized spacial score (nSPS) is 10.3. The zero-order chi connectivity index (χ0) is 19.8. The molecular weight excluding hydrogens is 360 g/mol. The zero-order valence-corrected chi connectivity index (χ0v) is 15.3. The Hall–Kier alpha value is -3.82. The third-order valence-electron chi connectivity index (χ3n) is 3.67. The van der Waals surface area contributed by atoms with Crippen molar-refractivity contribution in [2.45, 2.75) is 13.5 Å². The van der Waals surface area contributed by atoms with E-state index < -0.39 is 0 Å². The Labute approximate surface area is 161 Å². The van der Waals surface area contributed by atoms with Gasteiger partial charge in [-0.25, -0.2) is 9.67 Å². The number of nitrogens with zero attached hydrogens (tertiary/aromatic N) is 5. The zero-order valence-electron chi connectivity index (χ0n) is 15.3. The molecule has 144 valence electrons. The van der Waals surface area contributed by atoms with Crippen LogP contribution < -0.4 is 21.5 Å². The average molecular weight is 380 g/mol. The van der Waals surface area contributed by atoms with Gasteiger partial charge in [0.25, 0.3) is 5.56 Å². The monoisotopic (exact) mass is 380 g/mol. The Kier molecular flexibility index (Phi) is 6.24. The summed E-state index contributed by atoms with van der Waals surface area (Å²) in [6.45, 7) is 2.70. The first-order valence-electron chi connectivity index (χ1n) is 8.66. The minimum Gasteiger partial charge on any atom is -0.367 e. The number of amides is 1. The highest BCUT2D eigenvalue weighted by molar-refractivity contribution is 5.75. The number of pyridine rings is 1. The molecule has 3 N–H and O–H groups in total. The Balaban J connectivity index is 1.41. The first-order valence-corrected chi connectivity index (χ1v) is 8.66. The van der Waals surface area contributed by atoms with E-state index in [1.165, 1.54) is 18.3 Å². The van der Waals surface area contributed by atoms with Crippen LogP contribution in [-0.4, -0.2) is 44.0 Å². The third-order valence-corrected chi connectivity index (χ3v) is 3.67. The predicted molar refractivity (Wildman–Crippen MR) is 104 cm³/mol. The molecule has 3 heterocycles. The van der Waals surface area contributed by atoms with Gasteiger partial charge in [-0.3, -0.25) is 9.59 Å². The van der Waals surface area contributed by atoms with Gasteiger partial charge in [-0.15, -0.1) is 10.2 Å². The maximum atomic E-state index is 11.8. The molecule has 3 aromatic rings. The summed E-state index contributed by atoms with van der Waals surface area (Å²) in [6.07, 6.45) is 3.18. The summed E-state index contributed by atoms with van der Waals surface area (Å²) in [7, 11) is 0. The Morgan fingerprint density at radius 1 is 1.04 bits per heavy atom. The Morgan fingerprint density at radius 3 is 2.61 bits per heavy atom. The largest absolute Gasteiger partial charge is 0.367 e. The molecule has 0 unspecified atom stereocenters. The predicted octanol–water partition coefficient (Wildman–Crippen LogP) is 0.709. The summed E-state index contributed by atoms with van der Waals surface area (Å²) in [6, 6.07) is 10.3. The van der Waals surface area contributed by atoms with E-state index in [0.29, 0.717) is 30.5 Å². The van der Waals surface area contributed by atoms with Crippen LogP contribution in [0.15, 0.2) is 53.6 Å². The summed E-state index contributed by atoms with van der Waals surface area (Å²) in [4.78, 5) is 27.6. The number of hydrogen-bond donors (Lipinski definition) is 3. The average Bonchev–Trinajstić information content (AvgIpc) is 2.68. The number of nitrogens with one attached hydrogen (secondary N) is 3. The molecule has 0 saturated heterocycles. The second-order valence-corrected chi connectivity index (χ2v) is 5.94. The van der Waals surface area contributed by atoms with Crippen LogP contribution in [0.3, 0.4) is 0 Å². The summed E-state index contributed by atoms with van der Waals surface area (Å²) >= 11 is 0. The Morgan fingerprint density at radius 2 is 1.86 bits per heavy atom. The summed E-state index contributed by atoms with van der Waals surface area (Å²) < 4.78 is 1.10. The molecule has 0 aromatic carbocycles. The highest BCUT2D eigenvalue weighted by atomic mass is 16.2. The number of anilines is 3. The van der Waals surface area contributed by atoms with Gasteiger partial charge in [0.2, 0.25) is 5.91 Å². The minimum absolute atomic E-state index is 0.118. The summed E-state index contributed by atoms with van der Waals surface area (Å²) in [5.41, 5.74) is 0.777. The molecule has 0 spiro atoms. The molecule has 0 aliphatic heterocycles. The molecule has 0 saturated carbocycles. The molecule has 3 aromatic heterocycles. The molecule has 10 nitrogen and oxygen atoms in total. The van der Waals surface area contributed by atoms with Crippen molar-refractivity contribution in [1.29, 1.82) is 0 Å². The number of carbonyl (C=O) groups is 1. The lowest BCUT2D eigenvalue weighted by molar-refractivity contribution is -0.121. The highest BCUT2D eigenvalue weighted by Gasteiger charge is 2.04. The van der Waals surface area contributed by atoms with Gasteiger partial charge in [-0.2, -0.15) is 5.10 Å². The number of hydrogen-bond acceptors (Lipinski definition) is 8. The van der Waals surface area contributed by atoms with E-state index in [9.17, 15) is 9.59 Å². The molecule has 0 radical (unpaired) electrons. The minimum atomic E-state index is -0.319. The van der Waals surface area contributed by atoms with Crippen molar-refractivity contribution in [3.05, 3.63) is 64.7 Å². The Bertz CT molecular complexity index is 987. The number of aromatic nitrogens is 5. The van der Waals surface area contributed by atoms with Crippen LogP contribution in [0.2, 0.25) is 0 Å². The molecule has 0 aliphatic carbocycles. The molecule has 28 heavy (non-hydrogen) atoms. The molecule has 1 amide bonds. The standard InChI is InChI=1S/C18H20N8O2/c1-13-6-8-19-16(11-13)23-15-5-4-14(24-25-15)20-9-10-21-17(27)12-26-18(28)3-2-7-22-26/h2-8,11H,9-10,12H2,1H3,(H,20,24)(H,21,27)(H,19,23,25). The second-order valence-electron chi connectivity index (χ2n) is 5.94. The van der Waals surface area contributed by atoms with Gasteiger partial charge in [-0.1, -0.05) is 0 Å². The van der Waals surface area contributed by atoms with E-state index in [2.05, 4.69) is 36.2 Å². The van der Waals surface area contributed by atoms with Gasteiger partial charge in [0.05, 0.1) is 0 Å². The SMILES string of the molecule is Cc1ccnc(Nc2ccc(NCCNC(=O)Cn3ncccc3=O)nn2)c1. The van der Waals surface area contributed by atoms with Crippen LogP contribution >= 0.6 is 0 Å². The fourth-order valence-electron chi connectivity index (χ4n) is 2.32. The van der Waals surface area contributed by atoms with E-state index in [4.69, 9.17) is 0 Å². The van der Waals surface area contributed by atoms with Crippen molar-refractivity contribution >= 4 is 23.4 Å². The van der Waals surface area contributed by atoms with Crippen molar-refractivity contribution in [3.8, 4) is 0 Å². The first-order chi connectivity index (χ1) is 13.6. The van der Waals surface area contributed by atoms with Gasteiger partial charge < -0.3 is 16.0 Å². The number of rotatable bonds is 8. The lowest BCUT2D eigenvalue weighted by Gasteiger charge is -2.08. The van der Waals surface area contributed by atoms with Crippen LogP contribution in [0.1, 0.15) is 5.56 Å². The molecule has 10 heteroatoms. The smallest absolute Gasteiger partial charge is 0.267 e. The second kappa shape index (κ2) is 9.21. The molecule has 3 rings (SSSR count). The quantitative estimate of drug-likeness (QED) is 0.488. The number of aryl methyl sites for hydroxylation is 1. The van der Waals surface area contributed by atoms with Crippen LogP contribution in [0.4, 0.5) is 17.5 Å². The molecule has 0 fully saturated rings. The molecule has 0 bridgehead atoms. The maximum absolute atomic E-state index is 11.8. The van der Waals surface area contributed by atoms with E-state index in [0.717, 1.165) is 10.2 Å². The first kappa shape index (κ1) is 19.0. The maximum Gasteiger partial charge on any atom is 0.267 e. The van der Waals surface area contributed by atoms with E-state index in [-0.39, 0.29) is 18.0 Å². The summed E-state index contributed by atoms with van der Waals surface area (Å²) in [5.74, 6) is 1.57. The third kappa shape index (κ3) is 5.59. The van der Waals surface area contributed by atoms with E-state index in [1.54, 1.807) is 18.3 Å². The van der Waals surface area contributed by atoms with Crippen LogP contribution in [0, 0.1) is 6.92 Å². The van der Waals surface area contributed by atoms with Crippen LogP contribution in [0.25, 0.3) is 0 Å². The van der Waals surface area contributed by atoms with E-state index in [1.807, 2.05) is 19.1 Å². The van der Waals surface area contributed by atoms with Gasteiger partial charge in [-0.05, 0) is 42.8 Å². The van der Waals surface area contributed by atoms with Crippen molar-refractivity contribution in [1.82, 2.24) is 30.3 Å². The highest BCUT2D eigenvalue weighted by Crippen LogP contribution is 2.13. The van der Waals surface area contributed by atoms with Gasteiger partial charge in [0, 0.05) is 31.5 Å². The number of carbonyl (C=O) groups excluding carboxylic acids is 1. The van der Waals surface area contributed by atoms with Crippen molar-refractivity contribution in [2.24, 2.45) is 0 Å². The van der Waals surface area contributed by atoms with E-state index >= 15 is 0 Å². The van der Waals surface area contributed by atoms with Gasteiger partial charge >= 0.3 is 0 Å². The topological polar surface area (TPSA) is 127 Å². The van der Waals surface area contributed by atoms with Crippen molar-refractivity contribution in [3.63, 3.8) is 0 Å². The molecule has 0 atom stereocenters. The lowest BCUT2D eigenvalue weighted by Crippen LogP contribution is -2.35. The summed E-state index contributed by atoms with van der Waals surface area (Å²) in [5, 5.41) is 20.8. The van der Waals surface area contributed by atoms with Gasteiger partial charge in [0.15, 0.2) is 5.82 Å². The fourth-order valence-corrected chi connectivity index (χ4v) is 2.32.